The minimum atomic E-state index is -0.338. The van der Waals surface area contributed by atoms with Gasteiger partial charge in [-0.3, -0.25) is 10.1 Å². The second kappa shape index (κ2) is 4.29. The standard InChI is InChI=1S/C12H12N2O3/c1-7-6-11(17-14-7)13-12(16)9-4-3-5-10(15)8(9)2/h3-6,15H,1-2H3,(H,13,16). The molecule has 0 fully saturated rings. The van der Waals surface area contributed by atoms with Gasteiger partial charge >= 0.3 is 0 Å². The van der Waals surface area contributed by atoms with Crippen LogP contribution in [0.4, 0.5) is 5.88 Å². The Labute approximate surface area is 98.1 Å². The van der Waals surface area contributed by atoms with Crippen LogP contribution >= 0.6 is 0 Å². The van der Waals surface area contributed by atoms with E-state index in [-0.39, 0.29) is 17.5 Å². The third-order valence-corrected chi connectivity index (χ3v) is 2.41. The smallest absolute Gasteiger partial charge is 0.258 e. The number of aromatic nitrogens is 1. The molecule has 0 aliphatic rings. The number of aryl methyl sites for hydroxylation is 1. The lowest BCUT2D eigenvalue weighted by molar-refractivity contribution is 0.102. The van der Waals surface area contributed by atoms with E-state index in [1.54, 1.807) is 32.0 Å². The molecule has 0 saturated carbocycles. The number of phenols is 1. The van der Waals surface area contributed by atoms with Gasteiger partial charge in [0.25, 0.3) is 5.91 Å². The van der Waals surface area contributed by atoms with Gasteiger partial charge < -0.3 is 9.63 Å². The fourth-order valence-electron chi connectivity index (χ4n) is 1.47. The molecular formula is C12H12N2O3. The molecule has 0 spiro atoms. The predicted molar refractivity (Wildman–Crippen MR) is 62.0 cm³/mol. The number of nitrogens with one attached hydrogen (secondary N) is 1. The number of hydrogen-bond acceptors (Lipinski definition) is 4. The Bertz CT molecular complexity index is 561. The molecule has 0 radical (unpaired) electrons. The van der Waals surface area contributed by atoms with Crippen LogP contribution in [-0.2, 0) is 0 Å². The zero-order chi connectivity index (χ0) is 12.4. The highest BCUT2D eigenvalue weighted by atomic mass is 16.5. The molecule has 1 aromatic carbocycles. The number of carbonyl (C=O) groups excluding carboxylic acids is 1. The Balaban J connectivity index is 2.23. The number of nitrogens with zero attached hydrogens (tertiary/aromatic N) is 1. The number of carbonyl (C=O) groups is 1. The Morgan fingerprint density at radius 1 is 1.41 bits per heavy atom. The van der Waals surface area contributed by atoms with Crippen molar-refractivity contribution in [2.24, 2.45) is 0 Å². The molecule has 0 bridgehead atoms. The third kappa shape index (κ3) is 2.28. The first-order valence-electron chi connectivity index (χ1n) is 5.11. The minimum Gasteiger partial charge on any atom is -0.508 e. The van der Waals surface area contributed by atoms with Crippen LogP contribution in [0.1, 0.15) is 21.6 Å². The zero-order valence-corrected chi connectivity index (χ0v) is 9.52. The Morgan fingerprint density at radius 2 is 2.18 bits per heavy atom. The first kappa shape index (κ1) is 11.2. The van der Waals surface area contributed by atoms with E-state index in [1.807, 2.05) is 0 Å². The number of benzene rings is 1. The zero-order valence-electron chi connectivity index (χ0n) is 9.52. The van der Waals surface area contributed by atoms with Gasteiger partial charge in [0.05, 0.1) is 5.69 Å². The van der Waals surface area contributed by atoms with E-state index < -0.39 is 0 Å². The number of amides is 1. The lowest BCUT2D eigenvalue weighted by Gasteiger charge is -2.06. The van der Waals surface area contributed by atoms with Crippen LogP contribution in [-0.4, -0.2) is 16.2 Å². The SMILES string of the molecule is Cc1cc(NC(=O)c2cccc(O)c2C)on1. The van der Waals surface area contributed by atoms with Crippen molar-refractivity contribution in [3.8, 4) is 5.75 Å². The highest BCUT2D eigenvalue weighted by Gasteiger charge is 2.13. The molecule has 88 valence electrons. The quantitative estimate of drug-likeness (QED) is 0.832. The van der Waals surface area contributed by atoms with E-state index in [0.29, 0.717) is 16.8 Å². The van der Waals surface area contributed by atoms with Gasteiger partial charge in [0.2, 0.25) is 5.88 Å². The van der Waals surface area contributed by atoms with Crippen molar-refractivity contribution in [2.75, 3.05) is 5.32 Å². The normalized spacial score (nSPS) is 10.2. The molecule has 2 N–H and O–H groups in total. The summed E-state index contributed by atoms with van der Waals surface area (Å²) in [4.78, 5) is 11.9. The topological polar surface area (TPSA) is 75.4 Å². The molecule has 0 aliphatic heterocycles. The number of aromatic hydroxyl groups is 1. The monoisotopic (exact) mass is 232 g/mol. The average Bonchev–Trinajstić information content (AvgIpc) is 2.68. The highest BCUT2D eigenvalue weighted by Crippen LogP contribution is 2.20. The summed E-state index contributed by atoms with van der Waals surface area (Å²) in [6.45, 7) is 3.44. The molecule has 2 rings (SSSR count). The third-order valence-electron chi connectivity index (χ3n) is 2.41. The molecule has 0 aliphatic carbocycles. The van der Waals surface area contributed by atoms with Crippen molar-refractivity contribution in [1.29, 1.82) is 0 Å². The van der Waals surface area contributed by atoms with Gasteiger partial charge in [-0.15, -0.1) is 0 Å². The number of anilines is 1. The van der Waals surface area contributed by atoms with Gasteiger partial charge in [-0.1, -0.05) is 11.2 Å². The molecule has 1 amide bonds. The van der Waals surface area contributed by atoms with Crippen LogP contribution in [0.15, 0.2) is 28.8 Å². The predicted octanol–water partition coefficient (Wildman–Crippen LogP) is 2.25. The summed E-state index contributed by atoms with van der Waals surface area (Å²) in [5.41, 5.74) is 1.62. The van der Waals surface area contributed by atoms with Crippen molar-refractivity contribution in [1.82, 2.24) is 5.16 Å². The van der Waals surface area contributed by atoms with Crippen LogP contribution in [0, 0.1) is 13.8 Å². The second-order valence-electron chi connectivity index (χ2n) is 3.74. The Kier molecular flexibility index (Phi) is 2.82. The van der Waals surface area contributed by atoms with E-state index >= 15 is 0 Å². The van der Waals surface area contributed by atoms with Crippen LogP contribution in [0.3, 0.4) is 0 Å². The Morgan fingerprint density at radius 3 is 2.82 bits per heavy atom. The molecule has 17 heavy (non-hydrogen) atoms. The van der Waals surface area contributed by atoms with Crippen molar-refractivity contribution in [3.05, 3.63) is 41.1 Å². The molecular weight excluding hydrogens is 220 g/mol. The molecule has 0 unspecified atom stereocenters. The van der Waals surface area contributed by atoms with E-state index in [4.69, 9.17) is 4.52 Å². The molecule has 1 aromatic heterocycles. The average molecular weight is 232 g/mol. The first-order chi connectivity index (χ1) is 8.08. The van der Waals surface area contributed by atoms with Gasteiger partial charge in [-0.05, 0) is 26.0 Å². The summed E-state index contributed by atoms with van der Waals surface area (Å²) in [6, 6.07) is 6.40. The summed E-state index contributed by atoms with van der Waals surface area (Å²) < 4.78 is 4.88. The maximum atomic E-state index is 11.9. The van der Waals surface area contributed by atoms with Crippen molar-refractivity contribution in [3.63, 3.8) is 0 Å². The number of phenolic OH excluding ortho intramolecular Hbond substituents is 1. The summed E-state index contributed by atoms with van der Waals surface area (Å²) in [5, 5.41) is 15.7. The maximum absolute atomic E-state index is 11.9. The highest BCUT2D eigenvalue weighted by molar-refractivity contribution is 6.04. The van der Waals surface area contributed by atoms with Gasteiger partial charge in [0.15, 0.2) is 0 Å². The molecule has 5 heteroatoms. The van der Waals surface area contributed by atoms with Gasteiger partial charge in [0.1, 0.15) is 5.75 Å². The molecule has 0 saturated heterocycles. The Hall–Kier alpha value is -2.30. The van der Waals surface area contributed by atoms with Crippen LogP contribution in [0.5, 0.6) is 5.75 Å². The van der Waals surface area contributed by atoms with Gasteiger partial charge in [0, 0.05) is 17.2 Å². The second-order valence-corrected chi connectivity index (χ2v) is 3.74. The number of rotatable bonds is 2. The van der Waals surface area contributed by atoms with Crippen LogP contribution in [0.2, 0.25) is 0 Å². The lowest BCUT2D eigenvalue weighted by Crippen LogP contribution is -2.12. The van der Waals surface area contributed by atoms with Crippen molar-refractivity contribution >= 4 is 11.8 Å². The van der Waals surface area contributed by atoms with E-state index in [1.165, 1.54) is 6.07 Å². The minimum absolute atomic E-state index is 0.0893. The molecule has 5 nitrogen and oxygen atoms in total. The fourth-order valence-corrected chi connectivity index (χ4v) is 1.47. The van der Waals surface area contributed by atoms with E-state index in [2.05, 4.69) is 10.5 Å². The summed E-state index contributed by atoms with van der Waals surface area (Å²) in [5.74, 6) is 0.0381. The number of hydrogen-bond donors (Lipinski definition) is 2. The molecule has 0 atom stereocenters. The molecule has 1 heterocycles. The van der Waals surface area contributed by atoms with Crippen LogP contribution in [0.25, 0.3) is 0 Å². The van der Waals surface area contributed by atoms with E-state index in [9.17, 15) is 9.90 Å². The van der Waals surface area contributed by atoms with Crippen molar-refractivity contribution < 1.29 is 14.4 Å². The largest absolute Gasteiger partial charge is 0.508 e. The summed E-state index contributed by atoms with van der Waals surface area (Å²) >= 11 is 0. The fraction of sp³-hybridized carbons (Fsp3) is 0.167. The molecule has 2 aromatic rings. The van der Waals surface area contributed by atoms with Crippen molar-refractivity contribution in [2.45, 2.75) is 13.8 Å². The summed E-state index contributed by atoms with van der Waals surface area (Å²) in [7, 11) is 0. The van der Waals surface area contributed by atoms with Gasteiger partial charge in [-0.25, -0.2) is 0 Å². The van der Waals surface area contributed by atoms with Crippen LogP contribution < -0.4 is 5.32 Å². The first-order valence-corrected chi connectivity index (χ1v) is 5.11. The van der Waals surface area contributed by atoms with Gasteiger partial charge in [-0.2, -0.15) is 0 Å². The van der Waals surface area contributed by atoms with E-state index in [0.717, 1.165) is 0 Å². The summed E-state index contributed by atoms with van der Waals surface area (Å²) in [6.07, 6.45) is 0. The lowest BCUT2D eigenvalue weighted by atomic mass is 10.1. The maximum Gasteiger partial charge on any atom is 0.258 e.